The fourth-order valence-electron chi connectivity index (χ4n) is 0.525. The summed E-state index contributed by atoms with van der Waals surface area (Å²) in [6.07, 6.45) is 1.32. The van der Waals surface area contributed by atoms with E-state index in [0.717, 1.165) is 0 Å². The molecule has 0 aliphatic carbocycles. The number of aliphatic hydroxyl groups excluding tert-OH is 1. The van der Waals surface area contributed by atoms with Gasteiger partial charge in [0, 0.05) is 6.08 Å². The molecule has 3 N–H and O–H groups in total. The molecule has 14 heavy (non-hydrogen) atoms. The van der Waals surface area contributed by atoms with E-state index in [-0.39, 0.29) is 28.2 Å². The second kappa shape index (κ2) is 8.80. The molecule has 0 heterocycles. The number of nitrogens with zero attached hydrogens (tertiary/aromatic N) is 2. The molecular formula is C7H12CuN3O2S. The van der Waals surface area contributed by atoms with Gasteiger partial charge in [-0.05, 0) is 19.0 Å². The first kappa shape index (κ1) is 15.7. The maximum absolute atomic E-state index is 9.04. The van der Waals surface area contributed by atoms with Gasteiger partial charge in [0.1, 0.15) is 0 Å². The van der Waals surface area contributed by atoms with Gasteiger partial charge < -0.3 is 28.2 Å². The topological polar surface area (TPSA) is 80.2 Å². The third kappa shape index (κ3) is 9.31. The van der Waals surface area contributed by atoms with Crippen LogP contribution in [0, 0.1) is 0 Å². The molecule has 5 nitrogen and oxygen atoms in total. The Bertz CT molecular complexity index is 249. The zero-order chi connectivity index (χ0) is 10.3. The molecule has 0 aliphatic heterocycles. The third-order valence-electron chi connectivity index (χ3n) is 0.931. The summed E-state index contributed by atoms with van der Waals surface area (Å²) in [5.41, 5.74) is 5.53. The Hall–Kier alpha value is -0.781. The molecule has 0 amide bonds. The maximum atomic E-state index is 9.04. The molecule has 0 saturated carbocycles. The molecule has 0 rings (SSSR count). The van der Waals surface area contributed by atoms with E-state index in [2.05, 4.69) is 22.8 Å². The monoisotopic (exact) mass is 265 g/mol. The SMILES string of the molecule is CCO/C(O)=C/C(C)=N/N=C(/N)[S-].[Cu+]. The molecular weight excluding hydrogens is 254 g/mol. The fraction of sp³-hybridized carbons (Fsp3) is 0.429. The van der Waals surface area contributed by atoms with E-state index in [0.29, 0.717) is 12.3 Å². The normalized spacial score (nSPS) is 13.4. The van der Waals surface area contributed by atoms with Crippen LogP contribution in [0.2, 0.25) is 0 Å². The van der Waals surface area contributed by atoms with Crippen molar-refractivity contribution < 1.29 is 26.9 Å². The predicted molar refractivity (Wildman–Crippen MR) is 54.4 cm³/mol. The Morgan fingerprint density at radius 2 is 2.14 bits per heavy atom. The van der Waals surface area contributed by atoms with Crippen LogP contribution in [0.1, 0.15) is 13.8 Å². The Kier molecular flexibility index (Phi) is 9.86. The van der Waals surface area contributed by atoms with Crippen LogP contribution in [-0.2, 0) is 34.4 Å². The van der Waals surface area contributed by atoms with Crippen molar-refractivity contribution in [3.05, 3.63) is 12.0 Å². The van der Waals surface area contributed by atoms with E-state index in [1.54, 1.807) is 13.8 Å². The maximum Gasteiger partial charge on any atom is 1.00 e. The summed E-state index contributed by atoms with van der Waals surface area (Å²) in [7, 11) is 0. The Labute approximate surface area is 99.0 Å². The molecule has 0 unspecified atom stereocenters. The van der Waals surface area contributed by atoms with Gasteiger partial charge >= 0.3 is 17.1 Å². The third-order valence-corrected chi connectivity index (χ3v) is 1.01. The minimum Gasteiger partial charge on any atom is -0.741 e. The summed E-state index contributed by atoms with van der Waals surface area (Å²) >= 11 is 4.47. The van der Waals surface area contributed by atoms with Crippen molar-refractivity contribution in [1.29, 1.82) is 0 Å². The second-order valence-electron chi connectivity index (χ2n) is 2.10. The largest absolute Gasteiger partial charge is 1.00 e. The van der Waals surface area contributed by atoms with Crippen molar-refractivity contribution >= 4 is 23.5 Å². The summed E-state index contributed by atoms with van der Waals surface area (Å²) in [4.78, 5) is 0. The van der Waals surface area contributed by atoms with Crippen molar-refractivity contribution in [2.75, 3.05) is 6.61 Å². The molecule has 0 aromatic rings. The van der Waals surface area contributed by atoms with Gasteiger partial charge in [-0.2, -0.15) is 10.2 Å². The van der Waals surface area contributed by atoms with Crippen LogP contribution in [0.5, 0.6) is 0 Å². The number of aliphatic hydroxyl groups is 1. The predicted octanol–water partition coefficient (Wildman–Crippen LogP) is 0.657. The summed E-state index contributed by atoms with van der Waals surface area (Å²) in [5.74, 6) is -0.207. The molecule has 0 fully saturated rings. The Balaban J connectivity index is 0. The van der Waals surface area contributed by atoms with Crippen molar-refractivity contribution in [2.24, 2.45) is 15.9 Å². The van der Waals surface area contributed by atoms with E-state index in [9.17, 15) is 0 Å². The molecule has 0 bridgehead atoms. The molecule has 0 aromatic carbocycles. The average Bonchev–Trinajstić information content (AvgIpc) is 2.01. The van der Waals surface area contributed by atoms with Crippen molar-refractivity contribution in [3.8, 4) is 0 Å². The fourth-order valence-corrected chi connectivity index (χ4v) is 0.566. The van der Waals surface area contributed by atoms with Crippen LogP contribution in [0.4, 0.5) is 0 Å². The number of rotatable bonds is 4. The van der Waals surface area contributed by atoms with Crippen LogP contribution in [0.3, 0.4) is 0 Å². The van der Waals surface area contributed by atoms with Crippen molar-refractivity contribution in [3.63, 3.8) is 0 Å². The van der Waals surface area contributed by atoms with E-state index in [1.807, 2.05) is 0 Å². The van der Waals surface area contributed by atoms with Crippen LogP contribution in [0.25, 0.3) is 0 Å². The van der Waals surface area contributed by atoms with Gasteiger partial charge in [0.25, 0.3) is 5.95 Å². The molecule has 0 atom stereocenters. The molecule has 0 radical (unpaired) electrons. The van der Waals surface area contributed by atoms with Gasteiger partial charge in [0.15, 0.2) is 0 Å². The van der Waals surface area contributed by atoms with Gasteiger partial charge in [0.05, 0.1) is 12.3 Å². The van der Waals surface area contributed by atoms with Gasteiger partial charge in [-0.3, -0.25) is 0 Å². The number of ether oxygens (including phenoxy) is 1. The molecule has 0 spiro atoms. The number of nitrogens with two attached hydrogens (primary N) is 1. The zero-order valence-corrected chi connectivity index (χ0v) is 9.58. The molecule has 0 saturated heterocycles. The Morgan fingerprint density at radius 3 is 2.57 bits per heavy atom. The van der Waals surface area contributed by atoms with Crippen LogP contribution >= 0.6 is 0 Å². The van der Waals surface area contributed by atoms with Gasteiger partial charge in [0.2, 0.25) is 0 Å². The summed E-state index contributed by atoms with van der Waals surface area (Å²) in [6.45, 7) is 3.79. The number of hydrogen-bond acceptors (Lipinski definition) is 5. The minimum absolute atomic E-state index is 0. The zero-order valence-electron chi connectivity index (χ0n) is 7.82. The molecule has 84 valence electrons. The first-order valence-corrected chi connectivity index (χ1v) is 4.05. The standard InChI is InChI=1S/C7H13N3O2S.Cu/c1-3-12-6(11)4-5(2)9-10-7(8)13;/h4,11H,3H2,1-2H3,(H3,8,10,13);/q;+1/p-1/b6-4+,9-5+;. The summed E-state index contributed by atoms with van der Waals surface area (Å²) in [6, 6.07) is 0. The number of hydrogen-bond donors (Lipinski definition) is 2. The summed E-state index contributed by atoms with van der Waals surface area (Å²) < 4.78 is 4.75. The van der Waals surface area contributed by atoms with Crippen LogP contribution in [0.15, 0.2) is 22.2 Å². The van der Waals surface area contributed by atoms with Crippen LogP contribution in [-0.4, -0.2) is 22.6 Å². The van der Waals surface area contributed by atoms with E-state index >= 15 is 0 Å². The number of amidine groups is 1. The smallest absolute Gasteiger partial charge is 0.741 e. The minimum atomic E-state index is -0.207. The molecule has 7 heteroatoms. The van der Waals surface area contributed by atoms with E-state index < -0.39 is 0 Å². The molecule has 0 aromatic heterocycles. The van der Waals surface area contributed by atoms with Gasteiger partial charge in [-0.15, -0.1) is 0 Å². The van der Waals surface area contributed by atoms with Crippen LogP contribution < -0.4 is 5.73 Å². The van der Waals surface area contributed by atoms with Crippen molar-refractivity contribution in [2.45, 2.75) is 13.8 Å². The second-order valence-corrected chi connectivity index (χ2v) is 2.51. The van der Waals surface area contributed by atoms with E-state index in [4.69, 9.17) is 15.6 Å². The molecule has 0 aliphatic rings. The van der Waals surface area contributed by atoms with Gasteiger partial charge in [-0.1, -0.05) is 0 Å². The number of allylic oxidation sites excluding steroid dienone is 1. The quantitative estimate of drug-likeness (QED) is 0.195. The summed E-state index contributed by atoms with van der Waals surface area (Å²) in [5, 5.41) is 16.0. The first-order chi connectivity index (χ1) is 6.06. The van der Waals surface area contributed by atoms with Gasteiger partial charge in [-0.25, -0.2) is 0 Å². The average molecular weight is 266 g/mol. The first-order valence-electron chi connectivity index (χ1n) is 3.64. The Morgan fingerprint density at radius 1 is 1.57 bits per heavy atom. The van der Waals surface area contributed by atoms with E-state index in [1.165, 1.54) is 6.08 Å². The van der Waals surface area contributed by atoms with Crippen molar-refractivity contribution in [1.82, 2.24) is 0 Å².